The van der Waals surface area contributed by atoms with Gasteiger partial charge in [-0.2, -0.15) is 0 Å². The highest BCUT2D eigenvalue weighted by Gasteiger charge is 2.26. The largest absolute Gasteiger partial charge is 0.493 e. The zero-order chi connectivity index (χ0) is 23.4. The van der Waals surface area contributed by atoms with Crippen LogP contribution in [-0.4, -0.2) is 63.5 Å². The summed E-state index contributed by atoms with van der Waals surface area (Å²) in [4.78, 5) is 20.1. The van der Waals surface area contributed by atoms with Crippen molar-refractivity contribution in [1.29, 1.82) is 0 Å². The second kappa shape index (κ2) is 10.1. The fraction of sp³-hybridized carbons (Fsp3) is 0.360. The number of esters is 1. The Hall–Kier alpha value is -3.36. The molecule has 0 saturated carbocycles. The van der Waals surface area contributed by atoms with Gasteiger partial charge in [0.25, 0.3) is 0 Å². The second-order valence-corrected chi connectivity index (χ2v) is 7.69. The van der Waals surface area contributed by atoms with Crippen LogP contribution in [0.1, 0.15) is 28.9 Å². The first-order valence-corrected chi connectivity index (χ1v) is 10.8. The number of pyridine rings is 1. The summed E-state index contributed by atoms with van der Waals surface area (Å²) in [5.41, 5.74) is 1.81. The fourth-order valence-corrected chi connectivity index (χ4v) is 4.08. The maximum absolute atomic E-state index is 13.3. The van der Waals surface area contributed by atoms with Gasteiger partial charge in [-0.1, -0.05) is 18.2 Å². The summed E-state index contributed by atoms with van der Waals surface area (Å²) in [7, 11) is 4.52. The van der Waals surface area contributed by atoms with E-state index in [9.17, 15) is 4.79 Å². The molecule has 1 aliphatic rings. The predicted molar refractivity (Wildman–Crippen MR) is 124 cm³/mol. The number of ether oxygens (including phenoxy) is 5. The Morgan fingerprint density at radius 3 is 2.33 bits per heavy atom. The van der Waals surface area contributed by atoms with Crippen LogP contribution in [0.3, 0.4) is 0 Å². The molecule has 2 aromatic carbocycles. The van der Waals surface area contributed by atoms with Gasteiger partial charge in [-0.15, -0.1) is 0 Å². The number of methoxy groups -OCH3 is 3. The number of rotatable bonds is 7. The Labute approximate surface area is 193 Å². The minimum Gasteiger partial charge on any atom is -0.493 e. The minimum absolute atomic E-state index is 0.0167. The Morgan fingerprint density at radius 2 is 1.70 bits per heavy atom. The van der Waals surface area contributed by atoms with E-state index in [0.29, 0.717) is 41.7 Å². The number of benzene rings is 2. The molecule has 1 saturated heterocycles. The molecule has 0 spiro atoms. The number of carbonyl (C=O) groups excluding carboxylic acids is 1. The molecule has 0 amide bonds. The third-order valence-electron chi connectivity index (χ3n) is 5.90. The Bertz CT molecular complexity index is 1120. The highest BCUT2D eigenvalue weighted by atomic mass is 16.5. The lowest BCUT2D eigenvalue weighted by atomic mass is 10.0. The summed E-state index contributed by atoms with van der Waals surface area (Å²) < 4.78 is 27.7. The molecular weight excluding hydrogens is 424 g/mol. The van der Waals surface area contributed by atoms with Gasteiger partial charge in [0.15, 0.2) is 17.2 Å². The Balaban J connectivity index is 1.75. The van der Waals surface area contributed by atoms with E-state index in [1.54, 1.807) is 18.3 Å². The molecule has 8 heteroatoms. The molecule has 3 aromatic rings. The number of hydrogen-bond acceptors (Lipinski definition) is 8. The number of aromatic nitrogens is 1. The molecule has 8 nitrogen and oxygen atoms in total. The van der Waals surface area contributed by atoms with E-state index in [4.69, 9.17) is 23.7 Å². The van der Waals surface area contributed by atoms with E-state index < -0.39 is 5.97 Å². The average Bonchev–Trinajstić information content (AvgIpc) is 2.87. The van der Waals surface area contributed by atoms with Crippen molar-refractivity contribution in [2.24, 2.45) is 0 Å². The first kappa shape index (κ1) is 22.8. The van der Waals surface area contributed by atoms with Crippen LogP contribution in [0.15, 0.2) is 42.6 Å². The summed E-state index contributed by atoms with van der Waals surface area (Å²) in [6, 6.07) is 11.0. The smallest absolute Gasteiger partial charge is 0.343 e. The van der Waals surface area contributed by atoms with Crippen LogP contribution in [0.4, 0.5) is 0 Å². The lowest BCUT2D eigenvalue weighted by Gasteiger charge is -2.33. The van der Waals surface area contributed by atoms with Crippen LogP contribution >= 0.6 is 0 Å². The van der Waals surface area contributed by atoms with Crippen molar-refractivity contribution in [3.05, 3.63) is 53.7 Å². The number of morpholine rings is 1. The van der Waals surface area contributed by atoms with E-state index >= 15 is 0 Å². The molecular formula is C25H28N2O6. The van der Waals surface area contributed by atoms with Crippen LogP contribution < -0.4 is 18.9 Å². The maximum atomic E-state index is 13.3. The predicted octanol–water partition coefficient (Wildman–Crippen LogP) is 3.87. The van der Waals surface area contributed by atoms with Crippen LogP contribution in [0.25, 0.3) is 10.9 Å². The van der Waals surface area contributed by atoms with E-state index in [1.807, 2.05) is 24.3 Å². The van der Waals surface area contributed by atoms with Crippen molar-refractivity contribution in [2.45, 2.75) is 13.0 Å². The van der Waals surface area contributed by atoms with Crippen LogP contribution in [0.5, 0.6) is 23.0 Å². The topological polar surface area (TPSA) is 79.4 Å². The van der Waals surface area contributed by atoms with Gasteiger partial charge in [-0.05, 0) is 25.1 Å². The van der Waals surface area contributed by atoms with Crippen molar-refractivity contribution in [2.75, 3.05) is 47.6 Å². The minimum atomic E-state index is -0.539. The monoisotopic (exact) mass is 452 g/mol. The van der Waals surface area contributed by atoms with Crippen molar-refractivity contribution in [1.82, 2.24) is 9.88 Å². The summed E-state index contributed by atoms with van der Waals surface area (Å²) in [5, 5.41) is 0.892. The summed E-state index contributed by atoms with van der Waals surface area (Å²) >= 11 is 0. The van der Waals surface area contributed by atoms with Gasteiger partial charge in [-0.3, -0.25) is 9.88 Å². The highest BCUT2D eigenvalue weighted by molar-refractivity contribution is 5.96. The molecule has 1 aromatic heterocycles. The quantitative estimate of drug-likeness (QED) is 0.395. The lowest BCUT2D eigenvalue weighted by molar-refractivity contribution is 0.0193. The Kier molecular flexibility index (Phi) is 6.96. The highest BCUT2D eigenvalue weighted by Crippen LogP contribution is 2.40. The number of hydrogen-bond donors (Lipinski definition) is 0. The molecule has 0 aliphatic carbocycles. The molecule has 0 bridgehead atoms. The van der Waals surface area contributed by atoms with Crippen molar-refractivity contribution in [3.63, 3.8) is 0 Å². The van der Waals surface area contributed by atoms with Crippen molar-refractivity contribution in [3.8, 4) is 23.0 Å². The average molecular weight is 453 g/mol. The molecule has 174 valence electrons. The van der Waals surface area contributed by atoms with Gasteiger partial charge in [0.2, 0.25) is 5.75 Å². The van der Waals surface area contributed by atoms with Gasteiger partial charge in [0, 0.05) is 36.3 Å². The molecule has 33 heavy (non-hydrogen) atoms. The third kappa shape index (κ3) is 4.58. The first-order valence-electron chi connectivity index (χ1n) is 10.8. The molecule has 0 N–H and O–H groups in total. The number of fused-ring (bicyclic) bond motifs is 1. The molecule has 1 aliphatic heterocycles. The number of carbonyl (C=O) groups is 1. The van der Waals surface area contributed by atoms with E-state index in [-0.39, 0.29) is 11.6 Å². The van der Waals surface area contributed by atoms with Crippen molar-refractivity contribution < 1.29 is 28.5 Å². The van der Waals surface area contributed by atoms with Gasteiger partial charge >= 0.3 is 5.97 Å². The number of nitrogens with zero attached hydrogens (tertiary/aromatic N) is 2. The molecule has 0 radical (unpaired) electrons. The van der Waals surface area contributed by atoms with Crippen LogP contribution in [0, 0.1) is 0 Å². The fourth-order valence-electron chi connectivity index (χ4n) is 4.08. The molecule has 4 rings (SSSR count). The lowest BCUT2D eigenvalue weighted by Crippen LogP contribution is -2.38. The van der Waals surface area contributed by atoms with Gasteiger partial charge < -0.3 is 23.7 Å². The third-order valence-corrected chi connectivity index (χ3v) is 5.90. The van der Waals surface area contributed by atoms with Gasteiger partial charge in [0.05, 0.1) is 40.1 Å². The van der Waals surface area contributed by atoms with Gasteiger partial charge in [0.1, 0.15) is 5.52 Å². The standard InChI is InChI=1S/C25H28N2O6/c1-16(27-10-12-32-13-11-27)19-8-7-17-6-5-9-26-22(17)23(19)33-25(28)18-14-20(29-2)24(31-4)21(15-18)30-3/h5-9,14-16H,10-13H2,1-4H3. The van der Waals surface area contributed by atoms with Gasteiger partial charge in [-0.25, -0.2) is 4.79 Å². The molecule has 2 heterocycles. The maximum Gasteiger partial charge on any atom is 0.343 e. The summed E-state index contributed by atoms with van der Waals surface area (Å²) in [6.07, 6.45) is 1.70. The Morgan fingerprint density at radius 1 is 1.00 bits per heavy atom. The normalized spacial score (nSPS) is 15.2. The van der Waals surface area contributed by atoms with Crippen LogP contribution in [0.2, 0.25) is 0 Å². The zero-order valence-electron chi connectivity index (χ0n) is 19.3. The van der Waals surface area contributed by atoms with E-state index in [1.165, 1.54) is 21.3 Å². The van der Waals surface area contributed by atoms with E-state index in [2.05, 4.69) is 16.8 Å². The molecule has 1 unspecified atom stereocenters. The van der Waals surface area contributed by atoms with Crippen molar-refractivity contribution >= 4 is 16.9 Å². The SMILES string of the molecule is COc1cc(C(=O)Oc2c(C(C)N3CCOCC3)ccc3cccnc23)cc(OC)c1OC. The molecule has 1 fully saturated rings. The second-order valence-electron chi connectivity index (χ2n) is 7.69. The van der Waals surface area contributed by atoms with Crippen LogP contribution in [-0.2, 0) is 4.74 Å². The summed E-state index contributed by atoms with van der Waals surface area (Å²) in [6.45, 7) is 5.07. The summed E-state index contributed by atoms with van der Waals surface area (Å²) in [5.74, 6) is 1.07. The zero-order valence-corrected chi connectivity index (χ0v) is 19.3. The van der Waals surface area contributed by atoms with E-state index in [0.717, 1.165) is 24.0 Å². The first-order chi connectivity index (χ1) is 16.1. The molecule has 1 atom stereocenters.